The van der Waals surface area contributed by atoms with Gasteiger partial charge in [0.15, 0.2) is 0 Å². The molecular weight excluding hydrogens is 231 g/mol. The Morgan fingerprint density at radius 1 is 1.41 bits per heavy atom. The van der Waals surface area contributed by atoms with E-state index >= 15 is 0 Å². The molecule has 0 aromatic heterocycles. The average Bonchev–Trinajstić information content (AvgIpc) is 2.27. The van der Waals surface area contributed by atoms with Crippen LogP contribution in [0.5, 0.6) is 5.75 Å². The summed E-state index contributed by atoms with van der Waals surface area (Å²) in [5.41, 5.74) is 5.37. The maximum Gasteiger partial charge on any atom is 0.416 e. The third kappa shape index (κ3) is 3.49. The number of ether oxygens (including phenoxy) is 1. The zero-order valence-corrected chi connectivity index (χ0v) is 9.42. The summed E-state index contributed by atoms with van der Waals surface area (Å²) in [7, 11) is 1.32. The maximum atomic E-state index is 12.6. The first-order valence-electron chi connectivity index (χ1n) is 5.01. The van der Waals surface area contributed by atoms with E-state index in [0.717, 1.165) is 12.1 Å². The lowest BCUT2D eigenvalue weighted by molar-refractivity contribution is -0.137. The Balaban J connectivity index is 3.18. The van der Waals surface area contributed by atoms with Crippen molar-refractivity contribution in [2.24, 2.45) is 5.73 Å². The van der Waals surface area contributed by atoms with Gasteiger partial charge in [-0.05, 0) is 30.2 Å². The molecule has 0 bridgehead atoms. The lowest BCUT2D eigenvalue weighted by Gasteiger charge is -2.15. The molecule has 0 amide bonds. The summed E-state index contributed by atoms with van der Waals surface area (Å²) in [5, 5.41) is 0. The van der Waals surface area contributed by atoms with Gasteiger partial charge < -0.3 is 10.5 Å². The predicted octanol–water partition coefficient (Wildman–Crippen LogP) is 3.29. The van der Waals surface area contributed by atoms with Crippen molar-refractivity contribution in [3.05, 3.63) is 42.0 Å². The van der Waals surface area contributed by atoms with Crippen molar-refractivity contribution in [3.63, 3.8) is 0 Å². The number of methoxy groups -OCH3 is 1. The summed E-state index contributed by atoms with van der Waals surface area (Å²) in [4.78, 5) is 0. The van der Waals surface area contributed by atoms with E-state index < -0.39 is 17.8 Å². The van der Waals surface area contributed by atoms with Crippen LogP contribution in [0.15, 0.2) is 30.9 Å². The van der Waals surface area contributed by atoms with Crippen LogP contribution in [0.1, 0.15) is 23.6 Å². The largest absolute Gasteiger partial charge is 0.497 e. The second kappa shape index (κ2) is 5.23. The van der Waals surface area contributed by atoms with Crippen molar-refractivity contribution in [1.82, 2.24) is 0 Å². The molecular formula is C12H14F3NO. The molecule has 2 nitrogen and oxygen atoms in total. The van der Waals surface area contributed by atoms with E-state index in [1.807, 2.05) is 0 Å². The van der Waals surface area contributed by atoms with Gasteiger partial charge in [0.2, 0.25) is 0 Å². The molecule has 94 valence electrons. The fourth-order valence-corrected chi connectivity index (χ4v) is 1.43. The second-order valence-corrected chi connectivity index (χ2v) is 3.62. The Morgan fingerprint density at radius 3 is 2.53 bits per heavy atom. The SMILES string of the molecule is C=CC[C@@H](N)c1cc(OC)cc(C(F)(F)F)c1. The van der Waals surface area contributed by atoms with Gasteiger partial charge in [-0.15, -0.1) is 6.58 Å². The molecule has 0 aliphatic carbocycles. The van der Waals surface area contributed by atoms with Crippen LogP contribution in [0.2, 0.25) is 0 Å². The maximum absolute atomic E-state index is 12.6. The van der Waals surface area contributed by atoms with Gasteiger partial charge in [0, 0.05) is 6.04 Å². The first kappa shape index (κ1) is 13.6. The van der Waals surface area contributed by atoms with Crippen LogP contribution in [-0.2, 0) is 6.18 Å². The molecule has 0 unspecified atom stereocenters. The van der Waals surface area contributed by atoms with Gasteiger partial charge in [-0.1, -0.05) is 6.08 Å². The summed E-state index contributed by atoms with van der Waals surface area (Å²) in [5.74, 6) is 0.148. The highest BCUT2D eigenvalue weighted by Crippen LogP contribution is 2.34. The summed E-state index contributed by atoms with van der Waals surface area (Å²) in [6, 6.07) is 2.98. The standard InChI is InChI=1S/C12H14F3NO/c1-3-4-11(16)8-5-9(12(13,14)15)7-10(6-8)17-2/h3,5-7,11H,1,4,16H2,2H3/t11-/m1/s1. The summed E-state index contributed by atoms with van der Waals surface area (Å²) >= 11 is 0. The topological polar surface area (TPSA) is 35.2 Å². The Kier molecular flexibility index (Phi) is 4.17. The quantitative estimate of drug-likeness (QED) is 0.826. The Hall–Kier alpha value is -1.49. The van der Waals surface area contributed by atoms with Crippen molar-refractivity contribution in [2.75, 3.05) is 7.11 Å². The van der Waals surface area contributed by atoms with E-state index in [4.69, 9.17) is 10.5 Å². The lowest BCUT2D eigenvalue weighted by atomic mass is 10.0. The summed E-state index contributed by atoms with van der Waals surface area (Å²) in [6.07, 6.45) is -2.43. The highest BCUT2D eigenvalue weighted by Gasteiger charge is 2.31. The van der Waals surface area contributed by atoms with E-state index in [0.29, 0.717) is 12.0 Å². The monoisotopic (exact) mass is 245 g/mol. The summed E-state index contributed by atoms with van der Waals surface area (Å²) in [6.45, 7) is 3.51. The zero-order chi connectivity index (χ0) is 13.1. The molecule has 17 heavy (non-hydrogen) atoms. The molecule has 0 heterocycles. The van der Waals surface area contributed by atoms with Crippen LogP contribution >= 0.6 is 0 Å². The Morgan fingerprint density at radius 2 is 2.06 bits per heavy atom. The molecule has 1 atom stereocenters. The van der Waals surface area contributed by atoms with Gasteiger partial charge in [-0.2, -0.15) is 13.2 Å². The van der Waals surface area contributed by atoms with E-state index in [-0.39, 0.29) is 5.75 Å². The van der Waals surface area contributed by atoms with E-state index in [9.17, 15) is 13.2 Å². The molecule has 0 saturated heterocycles. The average molecular weight is 245 g/mol. The fourth-order valence-electron chi connectivity index (χ4n) is 1.43. The van der Waals surface area contributed by atoms with Gasteiger partial charge >= 0.3 is 6.18 Å². The molecule has 1 rings (SSSR count). The van der Waals surface area contributed by atoms with Crippen molar-refractivity contribution in [1.29, 1.82) is 0 Å². The van der Waals surface area contributed by atoms with Crippen LogP contribution in [0.3, 0.4) is 0 Å². The van der Waals surface area contributed by atoms with Gasteiger partial charge in [-0.25, -0.2) is 0 Å². The summed E-state index contributed by atoms with van der Waals surface area (Å²) < 4.78 is 42.7. The number of alkyl halides is 3. The first-order valence-corrected chi connectivity index (χ1v) is 5.01. The van der Waals surface area contributed by atoms with Crippen LogP contribution in [0, 0.1) is 0 Å². The third-order valence-corrected chi connectivity index (χ3v) is 2.34. The minimum atomic E-state index is -4.41. The molecule has 5 heteroatoms. The van der Waals surface area contributed by atoms with Crippen LogP contribution in [0.25, 0.3) is 0 Å². The zero-order valence-electron chi connectivity index (χ0n) is 9.42. The van der Waals surface area contributed by atoms with Gasteiger partial charge in [-0.3, -0.25) is 0 Å². The predicted molar refractivity (Wildman–Crippen MR) is 59.7 cm³/mol. The third-order valence-electron chi connectivity index (χ3n) is 2.34. The van der Waals surface area contributed by atoms with Gasteiger partial charge in [0.25, 0.3) is 0 Å². The minimum Gasteiger partial charge on any atom is -0.497 e. The van der Waals surface area contributed by atoms with Gasteiger partial charge in [0.1, 0.15) is 5.75 Å². The number of rotatable bonds is 4. The minimum absolute atomic E-state index is 0.148. The fraction of sp³-hybridized carbons (Fsp3) is 0.333. The molecule has 2 N–H and O–H groups in total. The highest BCUT2D eigenvalue weighted by molar-refractivity contribution is 5.37. The van der Waals surface area contributed by atoms with Crippen molar-refractivity contribution < 1.29 is 17.9 Å². The lowest BCUT2D eigenvalue weighted by Crippen LogP contribution is -2.12. The van der Waals surface area contributed by atoms with Gasteiger partial charge in [0.05, 0.1) is 12.7 Å². The number of halogens is 3. The van der Waals surface area contributed by atoms with Crippen molar-refractivity contribution in [2.45, 2.75) is 18.6 Å². The van der Waals surface area contributed by atoms with E-state index in [1.54, 1.807) is 6.08 Å². The highest BCUT2D eigenvalue weighted by atomic mass is 19.4. The number of hydrogen-bond acceptors (Lipinski definition) is 2. The Bertz CT molecular complexity index is 401. The van der Waals surface area contributed by atoms with Crippen LogP contribution in [-0.4, -0.2) is 7.11 Å². The van der Waals surface area contributed by atoms with Crippen LogP contribution in [0.4, 0.5) is 13.2 Å². The van der Waals surface area contributed by atoms with E-state index in [1.165, 1.54) is 13.2 Å². The van der Waals surface area contributed by atoms with Crippen LogP contribution < -0.4 is 10.5 Å². The Labute approximate surface area is 97.9 Å². The molecule has 0 aliphatic rings. The molecule has 0 radical (unpaired) electrons. The van der Waals surface area contributed by atoms with Crippen molar-refractivity contribution in [3.8, 4) is 5.75 Å². The van der Waals surface area contributed by atoms with Crippen molar-refractivity contribution >= 4 is 0 Å². The second-order valence-electron chi connectivity index (χ2n) is 3.62. The molecule has 0 saturated carbocycles. The number of nitrogens with two attached hydrogens (primary N) is 1. The molecule has 0 fully saturated rings. The normalized spacial score (nSPS) is 13.2. The molecule has 1 aromatic carbocycles. The van der Waals surface area contributed by atoms with E-state index in [2.05, 4.69) is 6.58 Å². The smallest absolute Gasteiger partial charge is 0.416 e. The number of benzene rings is 1. The molecule has 0 aliphatic heterocycles. The number of hydrogen-bond donors (Lipinski definition) is 1. The molecule has 1 aromatic rings. The first-order chi connectivity index (χ1) is 7.88. The molecule has 0 spiro atoms.